The molecule has 0 heterocycles. The van der Waals surface area contributed by atoms with E-state index >= 15 is 0 Å². The number of hydrogen-bond acceptors (Lipinski definition) is 4. The van der Waals surface area contributed by atoms with E-state index in [9.17, 15) is 4.79 Å². The Labute approximate surface area is 298 Å². The lowest BCUT2D eigenvalue weighted by molar-refractivity contribution is -0.137. The third-order valence-corrected chi connectivity index (χ3v) is 12.6. The van der Waals surface area contributed by atoms with Crippen molar-refractivity contribution in [2.45, 2.75) is 118 Å². The van der Waals surface area contributed by atoms with Gasteiger partial charge in [-0.3, -0.25) is 4.79 Å². The van der Waals surface area contributed by atoms with Crippen LogP contribution in [0.1, 0.15) is 120 Å². The highest BCUT2D eigenvalue weighted by Crippen LogP contribution is 2.75. The van der Waals surface area contributed by atoms with Gasteiger partial charge >= 0.3 is 5.97 Å². The Hall–Kier alpha value is -3.18. The van der Waals surface area contributed by atoms with Gasteiger partial charge in [-0.15, -0.1) is 0 Å². The van der Waals surface area contributed by atoms with E-state index in [1.54, 1.807) is 0 Å². The molecule has 0 amide bonds. The Bertz CT molecular complexity index is 1650. The van der Waals surface area contributed by atoms with E-state index in [-0.39, 0.29) is 12.5 Å². The molecule has 0 aromatic heterocycles. The Balaban J connectivity index is 1.12. The SMILES string of the molecule is CCOc1cc(O[C@H]2CCc3c(-c4cccc(OCCCC5C[C@@]56CCC6(C)C)c4C)cccc32)c(Cl)cc1CC(CC)CCCC(=O)O. The van der Waals surface area contributed by atoms with Crippen LogP contribution in [-0.4, -0.2) is 24.3 Å². The van der Waals surface area contributed by atoms with Gasteiger partial charge < -0.3 is 19.3 Å². The number of carboxylic acids is 1. The predicted molar refractivity (Wildman–Crippen MR) is 198 cm³/mol. The molecule has 6 heteroatoms. The second-order valence-corrected chi connectivity index (χ2v) is 15.9. The fourth-order valence-electron chi connectivity index (χ4n) is 8.98. The molecular formula is C43H55ClO5. The number of halogens is 1. The minimum Gasteiger partial charge on any atom is -0.493 e. The summed E-state index contributed by atoms with van der Waals surface area (Å²) >= 11 is 6.88. The highest BCUT2D eigenvalue weighted by molar-refractivity contribution is 6.32. The molecule has 0 saturated heterocycles. The average Bonchev–Trinajstić information content (AvgIpc) is 3.71. The minimum atomic E-state index is -0.743. The maximum Gasteiger partial charge on any atom is 0.303 e. The zero-order valence-electron chi connectivity index (χ0n) is 30.2. The van der Waals surface area contributed by atoms with Crippen LogP contribution in [0.15, 0.2) is 48.5 Å². The molecule has 6 rings (SSSR count). The van der Waals surface area contributed by atoms with Gasteiger partial charge in [-0.25, -0.2) is 0 Å². The summed E-state index contributed by atoms with van der Waals surface area (Å²) in [5.74, 6) is 2.93. The molecule has 1 spiro atoms. The van der Waals surface area contributed by atoms with Crippen molar-refractivity contribution in [3.8, 4) is 28.4 Å². The molecule has 0 aliphatic heterocycles. The molecule has 2 fully saturated rings. The van der Waals surface area contributed by atoms with Crippen molar-refractivity contribution >= 4 is 17.6 Å². The standard InChI is InChI=1S/C43H55ClO5/c1-6-29(12-8-18-41(45)46)24-30-25-36(44)40(26-39(30)47-7-2)49-38-20-19-34-33(15-9-16-35(34)38)32-14-10-17-37(28(32)3)48-23-11-13-31-27-43(31)22-21-42(43,4)5/h9-10,14-17,25-26,29,31,38H,6-8,11-13,18-24,27H2,1-5H3,(H,45,46)/t29?,31?,38-,43-/m0/s1. The van der Waals surface area contributed by atoms with Crippen LogP contribution in [0.2, 0.25) is 5.02 Å². The van der Waals surface area contributed by atoms with Crippen molar-refractivity contribution < 1.29 is 24.1 Å². The number of aliphatic carboxylic acids is 1. The van der Waals surface area contributed by atoms with Crippen molar-refractivity contribution in [1.82, 2.24) is 0 Å². The van der Waals surface area contributed by atoms with Crippen LogP contribution in [-0.2, 0) is 17.6 Å². The third kappa shape index (κ3) is 7.48. The molecule has 2 saturated carbocycles. The van der Waals surface area contributed by atoms with E-state index in [1.165, 1.54) is 53.5 Å². The van der Waals surface area contributed by atoms with Gasteiger partial charge in [0.15, 0.2) is 0 Å². The number of fused-ring (bicyclic) bond motifs is 1. The lowest BCUT2D eigenvalue weighted by Crippen LogP contribution is -2.38. The number of hydrogen-bond donors (Lipinski definition) is 1. The lowest BCUT2D eigenvalue weighted by Gasteiger charge is -2.47. The molecule has 3 aliphatic rings. The number of carboxylic acid groups (broad SMARTS) is 1. The Morgan fingerprint density at radius 3 is 2.49 bits per heavy atom. The van der Waals surface area contributed by atoms with Crippen molar-refractivity contribution in [2.24, 2.45) is 22.7 Å². The maximum absolute atomic E-state index is 11.0. The van der Waals surface area contributed by atoms with Gasteiger partial charge in [-0.05, 0) is 146 Å². The Morgan fingerprint density at radius 1 is 1.00 bits per heavy atom. The molecule has 264 valence electrons. The van der Waals surface area contributed by atoms with E-state index in [0.717, 1.165) is 68.1 Å². The van der Waals surface area contributed by atoms with Gasteiger partial charge in [0, 0.05) is 12.5 Å². The van der Waals surface area contributed by atoms with E-state index in [2.05, 4.69) is 64.1 Å². The first-order valence-corrected chi connectivity index (χ1v) is 19.1. The van der Waals surface area contributed by atoms with Crippen molar-refractivity contribution in [1.29, 1.82) is 0 Å². The van der Waals surface area contributed by atoms with Crippen LogP contribution in [0.4, 0.5) is 0 Å². The fraction of sp³-hybridized carbons (Fsp3) is 0.558. The number of carbonyl (C=O) groups is 1. The van der Waals surface area contributed by atoms with Gasteiger partial charge in [0.05, 0.1) is 18.2 Å². The van der Waals surface area contributed by atoms with Crippen LogP contribution >= 0.6 is 11.6 Å². The fourth-order valence-corrected chi connectivity index (χ4v) is 9.21. The first-order chi connectivity index (χ1) is 23.6. The topological polar surface area (TPSA) is 65.0 Å². The number of rotatable bonds is 17. The number of ether oxygens (including phenoxy) is 3. The van der Waals surface area contributed by atoms with Crippen LogP contribution in [0.5, 0.6) is 17.2 Å². The molecule has 49 heavy (non-hydrogen) atoms. The smallest absolute Gasteiger partial charge is 0.303 e. The van der Waals surface area contributed by atoms with E-state index in [0.29, 0.717) is 40.5 Å². The van der Waals surface area contributed by atoms with Gasteiger partial charge in [0.2, 0.25) is 0 Å². The minimum absolute atomic E-state index is 0.0988. The summed E-state index contributed by atoms with van der Waals surface area (Å²) in [6, 6.07) is 17.0. The van der Waals surface area contributed by atoms with Gasteiger partial charge in [0.1, 0.15) is 23.4 Å². The second kappa shape index (κ2) is 15.0. The molecule has 1 N–H and O–H groups in total. The largest absolute Gasteiger partial charge is 0.493 e. The van der Waals surface area contributed by atoms with Crippen LogP contribution in [0.25, 0.3) is 11.1 Å². The molecule has 0 bridgehead atoms. The molecule has 3 aromatic rings. The van der Waals surface area contributed by atoms with Gasteiger partial charge in [0.25, 0.3) is 0 Å². The van der Waals surface area contributed by atoms with Crippen LogP contribution in [0, 0.1) is 29.6 Å². The van der Waals surface area contributed by atoms with E-state index in [1.807, 2.05) is 19.1 Å². The molecule has 3 aliphatic carbocycles. The molecule has 4 atom stereocenters. The average molecular weight is 687 g/mol. The van der Waals surface area contributed by atoms with Crippen LogP contribution < -0.4 is 14.2 Å². The van der Waals surface area contributed by atoms with Gasteiger partial charge in [-0.2, -0.15) is 0 Å². The molecule has 3 aromatic carbocycles. The summed E-state index contributed by atoms with van der Waals surface area (Å²) in [7, 11) is 0. The Kier molecular flexibility index (Phi) is 10.9. The molecule has 5 nitrogen and oxygen atoms in total. The highest BCUT2D eigenvalue weighted by atomic mass is 35.5. The first-order valence-electron chi connectivity index (χ1n) is 18.7. The maximum atomic E-state index is 11.0. The summed E-state index contributed by atoms with van der Waals surface area (Å²) in [6.07, 6.45) is 11.8. The quantitative estimate of drug-likeness (QED) is 0.143. The summed E-state index contributed by atoms with van der Waals surface area (Å²) < 4.78 is 19.2. The predicted octanol–water partition coefficient (Wildman–Crippen LogP) is 11.6. The first kappa shape index (κ1) is 35.6. The summed E-state index contributed by atoms with van der Waals surface area (Å²) in [4.78, 5) is 11.0. The highest BCUT2D eigenvalue weighted by Gasteiger charge is 2.66. The van der Waals surface area contributed by atoms with E-state index < -0.39 is 5.97 Å². The molecule has 0 radical (unpaired) electrons. The zero-order chi connectivity index (χ0) is 34.8. The van der Waals surface area contributed by atoms with Crippen molar-refractivity contribution in [3.63, 3.8) is 0 Å². The van der Waals surface area contributed by atoms with E-state index in [4.69, 9.17) is 30.9 Å². The normalized spacial score (nSPS) is 22.3. The van der Waals surface area contributed by atoms with Crippen molar-refractivity contribution in [3.05, 3.63) is 75.8 Å². The third-order valence-electron chi connectivity index (χ3n) is 12.3. The zero-order valence-corrected chi connectivity index (χ0v) is 31.0. The van der Waals surface area contributed by atoms with Crippen LogP contribution in [0.3, 0.4) is 0 Å². The lowest BCUT2D eigenvalue weighted by atomic mass is 9.58. The summed E-state index contributed by atoms with van der Waals surface area (Å²) in [5.41, 5.74) is 8.44. The summed E-state index contributed by atoms with van der Waals surface area (Å²) in [6.45, 7) is 12.6. The monoisotopic (exact) mass is 686 g/mol. The molecule has 2 unspecified atom stereocenters. The van der Waals surface area contributed by atoms with Crippen molar-refractivity contribution in [2.75, 3.05) is 13.2 Å². The summed E-state index contributed by atoms with van der Waals surface area (Å²) in [5, 5.41) is 9.65. The van der Waals surface area contributed by atoms with Gasteiger partial charge in [-0.1, -0.05) is 69.1 Å². The Morgan fingerprint density at radius 2 is 1.80 bits per heavy atom. The number of benzene rings is 3. The second-order valence-electron chi connectivity index (χ2n) is 15.5. The molecular weight excluding hydrogens is 632 g/mol.